The van der Waals surface area contributed by atoms with Gasteiger partial charge in [-0.2, -0.15) is 5.21 Å². The molecule has 1 aromatic rings. The molecule has 1 rings (SSSR count). The summed E-state index contributed by atoms with van der Waals surface area (Å²) >= 11 is 0. The zero-order chi connectivity index (χ0) is 4.41. The fraction of sp³-hybridized carbons (Fsp3) is 0. The zero-order valence-electron chi connectivity index (χ0n) is 3.57. The predicted molar refractivity (Wildman–Crippen MR) is 17.6 cm³/mol. The third-order valence-electron chi connectivity index (χ3n) is 0.334. The Morgan fingerprint density at radius 3 is 2.43 bits per heavy atom. The minimum Gasteiger partial charge on any atom is -0.430 e. The number of nitrogens with two attached hydrogens (primary N) is 1. The first-order chi connectivity index (χ1) is 2.89. The molecule has 2 N–H and O–H groups in total. The Hall–Kier alpha value is -0.507. The zero-order valence-corrected chi connectivity index (χ0v) is 6.54. The molecule has 0 aliphatic rings. The standard InChI is InChI=1S/CH2N5.Zn/c2-1-3-5-6-4-1;/h(H2-,2,3,4,5,6);/q-1;. The van der Waals surface area contributed by atoms with Gasteiger partial charge in [-0.15, -0.1) is 5.21 Å². The van der Waals surface area contributed by atoms with Crippen LogP contribution in [0.2, 0.25) is 0 Å². The molecule has 0 saturated heterocycles. The van der Waals surface area contributed by atoms with E-state index >= 15 is 0 Å². The van der Waals surface area contributed by atoms with E-state index in [-0.39, 0.29) is 25.4 Å². The van der Waals surface area contributed by atoms with E-state index in [1.165, 1.54) is 0 Å². The third kappa shape index (κ3) is 1.59. The molecule has 0 radical (unpaired) electrons. The fourth-order valence-corrected chi connectivity index (χ4v) is 0.152. The number of nitrogens with zero attached hydrogens (tertiary/aromatic N) is 4. The van der Waals surface area contributed by atoms with Gasteiger partial charge in [0.05, 0.1) is 5.95 Å². The van der Waals surface area contributed by atoms with E-state index in [0.717, 1.165) is 0 Å². The monoisotopic (exact) mass is 148 g/mol. The summed E-state index contributed by atoms with van der Waals surface area (Å²) in [4.78, 5) is 0. The van der Waals surface area contributed by atoms with Crippen molar-refractivity contribution in [1.29, 1.82) is 0 Å². The summed E-state index contributed by atoms with van der Waals surface area (Å²) in [6, 6.07) is 0. The van der Waals surface area contributed by atoms with Crippen LogP contribution in [0.25, 0.3) is 0 Å². The second-order valence-electron chi connectivity index (χ2n) is 0.737. The molecule has 0 amide bonds. The molecule has 5 nitrogen and oxygen atoms in total. The maximum absolute atomic E-state index is 4.93. The van der Waals surface area contributed by atoms with Gasteiger partial charge in [-0.05, 0) is 0 Å². The number of hydrogen-bond donors (Lipinski definition) is 1. The van der Waals surface area contributed by atoms with E-state index in [2.05, 4.69) is 20.6 Å². The predicted octanol–water partition coefficient (Wildman–Crippen LogP) is -1.59. The van der Waals surface area contributed by atoms with Gasteiger partial charge in [0.2, 0.25) is 0 Å². The Morgan fingerprint density at radius 2 is 2.29 bits per heavy atom. The van der Waals surface area contributed by atoms with Gasteiger partial charge in [-0.3, -0.25) is 5.10 Å². The number of hydrogen-bond acceptors (Lipinski definition) is 4. The summed E-state index contributed by atoms with van der Waals surface area (Å²) in [7, 11) is 0. The second kappa shape index (κ2) is 2.63. The van der Waals surface area contributed by atoms with Crippen LogP contribution in [0.3, 0.4) is 0 Å². The third-order valence-corrected chi connectivity index (χ3v) is 0.334. The van der Waals surface area contributed by atoms with Gasteiger partial charge < -0.3 is 5.73 Å². The van der Waals surface area contributed by atoms with Crippen LogP contribution < -0.4 is 10.8 Å². The van der Waals surface area contributed by atoms with Crippen molar-refractivity contribution in [3.05, 3.63) is 0 Å². The van der Waals surface area contributed by atoms with Gasteiger partial charge in [-0.1, -0.05) is 0 Å². The minimum atomic E-state index is 0. The van der Waals surface area contributed by atoms with Crippen molar-refractivity contribution < 1.29 is 19.5 Å². The molecule has 0 saturated carbocycles. The van der Waals surface area contributed by atoms with Gasteiger partial charge in [0.15, 0.2) is 0 Å². The molecule has 34 valence electrons. The maximum Gasteiger partial charge on any atom is 0.0924 e. The number of anilines is 1. The van der Waals surface area contributed by atoms with E-state index in [1.54, 1.807) is 0 Å². The van der Waals surface area contributed by atoms with Crippen LogP contribution in [0.5, 0.6) is 0 Å². The summed E-state index contributed by atoms with van der Waals surface area (Å²) in [6.07, 6.45) is 0. The molecule has 0 bridgehead atoms. The minimum absolute atomic E-state index is 0. The average molecular weight is 149 g/mol. The van der Waals surface area contributed by atoms with E-state index in [0.29, 0.717) is 0 Å². The summed E-state index contributed by atoms with van der Waals surface area (Å²) in [5.41, 5.74) is 4.93. The fourth-order valence-electron chi connectivity index (χ4n) is 0.152. The van der Waals surface area contributed by atoms with Gasteiger partial charge in [0.25, 0.3) is 0 Å². The number of nitrogen functional groups attached to an aromatic ring is 1. The Morgan fingerprint density at radius 1 is 1.57 bits per heavy atom. The van der Waals surface area contributed by atoms with E-state index in [1.807, 2.05) is 0 Å². The van der Waals surface area contributed by atoms with Crippen molar-refractivity contribution >= 4 is 5.95 Å². The SMILES string of the molecule is Nc1nnn[n-]1.[Zn]. The maximum atomic E-state index is 4.93. The molecule has 0 aliphatic carbocycles. The van der Waals surface area contributed by atoms with Gasteiger partial charge >= 0.3 is 0 Å². The van der Waals surface area contributed by atoms with Crippen LogP contribution in [0.4, 0.5) is 5.95 Å². The molecule has 0 fully saturated rings. The number of tetrazole rings is 1. The first kappa shape index (κ1) is 6.49. The van der Waals surface area contributed by atoms with Crippen LogP contribution in [0.15, 0.2) is 0 Å². The van der Waals surface area contributed by atoms with Crippen molar-refractivity contribution in [2.45, 2.75) is 0 Å². The van der Waals surface area contributed by atoms with Crippen LogP contribution in [-0.2, 0) is 19.5 Å². The van der Waals surface area contributed by atoms with Crippen molar-refractivity contribution in [2.24, 2.45) is 0 Å². The molecule has 6 heteroatoms. The molecule has 0 atom stereocenters. The van der Waals surface area contributed by atoms with Crippen LogP contribution in [0, 0.1) is 0 Å². The second-order valence-corrected chi connectivity index (χ2v) is 0.737. The van der Waals surface area contributed by atoms with Gasteiger partial charge in [-0.25, -0.2) is 5.10 Å². The van der Waals surface area contributed by atoms with Gasteiger partial charge in [0, 0.05) is 19.5 Å². The topological polar surface area (TPSA) is 78.8 Å². The van der Waals surface area contributed by atoms with Gasteiger partial charge in [0.1, 0.15) is 0 Å². The average Bonchev–Trinajstić information content (AvgIpc) is 1.86. The molecule has 7 heavy (non-hydrogen) atoms. The number of rotatable bonds is 0. The molecule has 1 heterocycles. The first-order valence-electron chi connectivity index (χ1n) is 1.34. The molecule has 0 unspecified atom stereocenters. The van der Waals surface area contributed by atoms with Crippen molar-refractivity contribution in [3.63, 3.8) is 0 Å². The first-order valence-corrected chi connectivity index (χ1v) is 1.34. The quantitative estimate of drug-likeness (QED) is 0.450. The van der Waals surface area contributed by atoms with E-state index in [9.17, 15) is 0 Å². The molecule has 1 aromatic heterocycles. The number of aromatic nitrogens is 4. The van der Waals surface area contributed by atoms with Crippen LogP contribution in [0.1, 0.15) is 0 Å². The Bertz CT molecular complexity index is 112. The largest absolute Gasteiger partial charge is 0.430 e. The summed E-state index contributed by atoms with van der Waals surface area (Å²) < 4.78 is 0. The van der Waals surface area contributed by atoms with Crippen molar-refractivity contribution in [2.75, 3.05) is 5.73 Å². The molecular weight excluding hydrogens is 147 g/mol. The van der Waals surface area contributed by atoms with Crippen LogP contribution >= 0.6 is 0 Å². The van der Waals surface area contributed by atoms with E-state index in [4.69, 9.17) is 5.73 Å². The van der Waals surface area contributed by atoms with E-state index < -0.39 is 0 Å². The molecule has 0 aliphatic heterocycles. The smallest absolute Gasteiger partial charge is 0.0924 e. The summed E-state index contributed by atoms with van der Waals surface area (Å²) in [5.74, 6) is 0.120. The Kier molecular flexibility index (Phi) is 2.44. The Labute approximate surface area is 52.4 Å². The molecular formula is CH2N5Zn-. The summed E-state index contributed by atoms with van der Waals surface area (Å²) in [6.45, 7) is 0. The normalized spacial score (nSPS) is 7.43. The summed E-state index contributed by atoms with van der Waals surface area (Å²) in [5, 5.41) is 12.6. The molecule has 0 aromatic carbocycles. The van der Waals surface area contributed by atoms with Crippen molar-refractivity contribution in [1.82, 2.24) is 20.6 Å². The Balaban J connectivity index is 0.000000360. The van der Waals surface area contributed by atoms with Crippen LogP contribution in [-0.4, -0.2) is 15.5 Å². The van der Waals surface area contributed by atoms with Crippen molar-refractivity contribution in [3.8, 4) is 0 Å². The molecule has 0 spiro atoms.